The van der Waals surface area contributed by atoms with Crippen LogP contribution < -0.4 is 16.6 Å². The lowest BCUT2D eigenvalue weighted by Crippen LogP contribution is -2.40. The normalized spacial score (nSPS) is 16.7. The van der Waals surface area contributed by atoms with Crippen molar-refractivity contribution in [3.05, 3.63) is 84.1 Å². The molecule has 0 spiro atoms. The van der Waals surface area contributed by atoms with E-state index in [1.165, 1.54) is 15.9 Å². The van der Waals surface area contributed by atoms with Crippen LogP contribution in [0, 0.1) is 22.7 Å². The molecule has 0 bridgehead atoms. The Bertz CT molecular complexity index is 2010. The monoisotopic (exact) mass is 662 g/mol. The van der Waals surface area contributed by atoms with Gasteiger partial charge < -0.3 is 9.88 Å². The molecule has 0 radical (unpaired) electrons. The largest absolute Gasteiger partial charge is 0.345 e. The number of thiophene rings is 1. The molecule has 4 aromatic heterocycles. The predicted octanol–water partition coefficient (Wildman–Crippen LogP) is 6.01. The first kappa shape index (κ1) is 27.6. The van der Waals surface area contributed by atoms with Gasteiger partial charge in [0.15, 0.2) is 0 Å². The minimum atomic E-state index is -0.429. The summed E-state index contributed by atoms with van der Waals surface area (Å²) in [5.41, 5.74) is 2.72. The van der Waals surface area contributed by atoms with Gasteiger partial charge in [0.2, 0.25) is 0 Å². The summed E-state index contributed by atoms with van der Waals surface area (Å²) >= 11 is 11.5. The molecule has 1 saturated carbocycles. The molecule has 1 aliphatic carbocycles. The summed E-state index contributed by atoms with van der Waals surface area (Å²) in [4.78, 5) is 31.8. The summed E-state index contributed by atoms with van der Waals surface area (Å²) in [6.07, 6.45) is 9.28. The van der Waals surface area contributed by atoms with E-state index < -0.39 is 5.41 Å². The lowest BCUT2D eigenvalue weighted by molar-refractivity contribution is 0.247. The van der Waals surface area contributed by atoms with E-state index in [4.69, 9.17) is 11.6 Å². The standard InChI is InChI=1S/C31H28BrClN6O2S/c32-25-16-38(14-19-1-2-19)30(41)39(29(25)40)15-22-13-26-28(42-22)23(3-7-36-26)24-12-21(33)11-20-4-10-37(27(20)24)18-31(17-34)5-8-35-9-6-31/h3-4,7,10-13,16,19,35H,1-2,5-6,8-9,14-15,18H2. The molecule has 2 fully saturated rings. The maximum absolute atomic E-state index is 13.3. The fraction of sp³-hybridized carbons (Fsp3) is 0.355. The average Bonchev–Trinajstić information content (AvgIpc) is 3.57. The molecule has 0 atom stereocenters. The van der Waals surface area contributed by atoms with E-state index in [1.807, 2.05) is 24.3 Å². The van der Waals surface area contributed by atoms with Crippen LogP contribution in [0.1, 0.15) is 30.6 Å². The van der Waals surface area contributed by atoms with Gasteiger partial charge in [-0.05, 0) is 91.0 Å². The second kappa shape index (κ2) is 10.8. The van der Waals surface area contributed by atoms with Gasteiger partial charge in [-0.3, -0.25) is 18.9 Å². The van der Waals surface area contributed by atoms with Crippen molar-refractivity contribution in [3.8, 4) is 17.2 Å². The predicted molar refractivity (Wildman–Crippen MR) is 170 cm³/mol. The minimum absolute atomic E-state index is 0.169. The third-order valence-corrected chi connectivity index (χ3v) is 10.4. The second-order valence-corrected chi connectivity index (χ2v) is 13.9. The van der Waals surface area contributed by atoms with Gasteiger partial charge in [-0.2, -0.15) is 5.26 Å². The smallest absolute Gasteiger partial charge is 0.331 e. The number of benzene rings is 1. The highest BCUT2D eigenvalue weighted by molar-refractivity contribution is 9.10. The number of hydrogen-bond donors (Lipinski definition) is 1. The van der Waals surface area contributed by atoms with Crippen LogP contribution in [0.3, 0.4) is 0 Å². The number of nitrogens with zero attached hydrogens (tertiary/aromatic N) is 5. The van der Waals surface area contributed by atoms with Crippen LogP contribution in [-0.4, -0.2) is 31.8 Å². The van der Waals surface area contributed by atoms with Gasteiger partial charge >= 0.3 is 5.69 Å². The lowest BCUT2D eigenvalue weighted by atomic mass is 9.80. The number of nitriles is 1. The number of pyridine rings is 1. The van der Waals surface area contributed by atoms with Crippen LogP contribution >= 0.6 is 38.9 Å². The van der Waals surface area contributed by atoms with Crippen molar-refractivity contribution in [3.63, 3.8) is 0 Å². The molecule has 5 aromatic rings. The molecule has 7 rings (SSSR count). The van der Waals surface area contributed by atoms with Crippen molar-refractivity contribution in [1.82, 2.24) is 24.0 Å². The van der Waals surface area contributed by atoms with Crippen molar-refractivity contribution in [2.45, 2.75) is 45.3 Å². The molecule has 1 aliphatic heterocycles. The molecule has 2 aliphatic rings. The maximum Gasteiger partial charge on any atom is 0.331 e. The van der Waals surface area contributed by atoms with Crippen molar-refractivity contribution >= 4 is 60.0 Å². The molecule has 0 amide bonds. The first-order chi connectivity index (χ1) is 20.3. The van der Waals surface area contributed by atoms with Crippen LogP contribution in [0.15, 0.2) is 63.0 Å². The van der Waals surface area contributed by atoms with Crippen molar-refractivity contribution in [2.24, 2.45) is 11.3 Å². The van der Waals surface area contributed by atoms with Gasteiger partial charge in [0, 0.05) is 58.1 Å². The highest BCUT2D eigenvalue weighted by atomic mass is 79.9. The Morgan fingerprint density at radius 1 is 1.14 bits per heavy atom. The number of piperidine rings is 1. The van der Waals surface area contributed by atoms with Gasteiger partial charge in [-0.1, -0.05) is 11.6 Å². The number of fused-ring (bicyclic) bond motifs is 2. The van der Waals surface area contributed by atoms with Crippen molar-refractivity contribution < 1.29 is 0 Å². The minimum Gasteiger partial charge on any atom is -0.345 e. The summed E-state index contributed by atoms with van der Waals surface area (Å²) in [6.45, 7) is 3.07. The van der Waals surface area contributed by atoms with Crippen LogP contribution in [0.4, 0.5) is 0 Å². The Kier molecular flexibility index (Phi) is 7.09. The summed E-state index contributed by atoms with van der Waals surface area (Å²) in [6, 6.07) is 12.6. The topological polar surface area (TPSA) is 97.6 Å². The van der Waals surface area contributed by atoms with Gasteiger partial charge in [0.25, 0.3) is 5.56 Å². The zero-order chi connectivity index (χ0) is 29.0. The third kappa shape index (κ3) is 5.02. The Balaban J connectivity index is 1.32. The second-order valence-electron chi connectivity index (χ2n) is 11.5. The third-order valence-electron chi connectivity index (χ3n) is 8.51. The average molecular weight is 664 g/mol. The molecule has 8 nitrogen and oxygen atoms in total. The molecule has 1 saturated heterocycles. The number of rotatable bonds is 7. The van der Waals surface area contributed by atoms with E-state index in [9.17, 15) is 14.9 Å². The Morgan fingerprint density at radius 2 is 1.95 bits per heavy atom. The first-order valence-corrected chi connectivity index (χ1v) is 16.1. The fourth-order valence-electron chi connectivity index (χ4n) is 6.09. The van der Waals surface area contributed by atoms with E-state index in [1.54, 1.807) is 17.0 Å². The quantitative estimate of drug-likeness (QED) is 0.230. The number of hydrogen-bond acceptors (Lipinski definition) is 6. The van der Waals surface area contributed by atoms with Gasteiger partial charge in [0.05, 0.1) is 38.2 Å². The van der Waals surface area contributed by atoms with Crippen LogP contribution in [0.25, 0.3) is 32.2 Å². The molecule has 214 valence electrons. The zero-order valence-electron chi connectivity index (χ0n) is 22.8. The van der Waals surface area contributed by atoms with Crippen LogP contribution in [0.2, 0.25) is 5.02 Å². The number of halogens is 2. The lowest BCUT2D eigenvalue weighted by Gasteiger charge is -2.32. The molecular weight excluding hydrogens is 636 g/mol. The highest BCUT2D eigenvalue weighted by Gasteiger charge is 2.33. The summed E-state index contributed by atoms with van der Waals surface area (Å²) in [7, 11) is 0. The van der Waals surface area contributed by atoms with Gasteiger partial charge in [0.1, 0.15) is 0 Å². The zero-order valence-corrected chi connectivity index (χ0v) is 25.9. The molecule has 42 heavy (non-hydrogen) atoms. The molecule has 5 heterocycles. The van der Waals surface area contributed by atoms with Gasteiger partial charge in [-0.15, -0.1) is 11.3 Å². The molecule has 1 aromatic carbocycles. The first-order valence-electron chi connectivity index (χ1n) is 14.1. The summed E-state index contributed by atoms with van der Waals surface area (Å²) in [5, 5.41) is 15.2. The molecule has 0 unspecified atom stereocenters. The Morgan fingerprint density at radius 3 is 2.71 bits per heavy atom. The van der Waals surface area contributed by atoms with Crippen LogP contribution in [-0.2, 0) is 19.6 Å². The van der Waals surface area contributed by atoms with E-state index in [0.717, 1.165) is 75.9 Å². The number of aromatic nitrogens is 4. The molecule has 1 N–H and O–H groups in total. The summed E-state index contributed by atoms with van der Waals surface area (Å²) in [5.74, 6) is 0.503. The fourth-order valence-corrected chi connectivity index (χ4v) is 7.91. The van der Waals surface area contributed by atoms with Crippen LogP contribution in [0.5, 0.6) is 0 Å². The van der Waals surface area contributed by atoms with E-state index in [-0.39, 0.29) is 17.8 Å². The Labute approximate surface area is 259 Å². The van der Waals surface area contributed by atoms with E-state index in [0.29, 0.717) is 28.5 Å². The highest BCUT2D eigenvalue weighted by Crippen LogP contribution is 2.41. The van der Waals surface area contributed by atoms with Crippen molar-refractivity contribution in [2.75, 3.05) is 13.1 Å². The van der Waals surface area contributed by atoms with E-state index in [2.05, 4.69) is 49.1 Å². The molecular formula is C31H28BrClN6O2S. The van der Waals surface area contributed by atoms with Crippen molar-refractivity contribution in [1.29, 1.82) is 5.26 Å². The van der Waals surface area contributed by atoms with Gasteiger partial charge in [-0.25, -0.2) is 4.79 Å². The number of nitrogens with one attached hydrogen (secondary N) is 1. The summed E-state index contributed by atoms with van der Waals surface area (Å²) < 4.78 is 6.49. The SMILES string of the molecule is N#CC1(Cn2ccc3cc(Cl)cc(-c4ccnc5cc(Cn6c(=O)c(Br)cn(CC7CC7)c6=O)sc45)c32)CCNCC1. The maximum atomic E-state index is 13.3. The Hall–Kier alpha value is -3.23. The molecule has 11 heteroatoms. The van der Waals surface area contributed by atoms with E-state index >= 15 is 0 Å².